The number of nitrogens with one attached hydrogen (secondary N) is 1. The molecular formula is C15H14Cl2N2O. The lowest BCUT2D eigenvalue weighted by Crippen LogP contribution is -2.14. The van der Waals surface area contributed by atoms with E-state index in [0.717, 1.165) is 16.8 Å². The van der Waals surface area contributed by atoms with Gasteiger partial charge in [-0.15, -0.1) is 0 Å². The van der Waals surface area contributed by atoms with Gasteiger partial charge in [0.05, 0.1) is 15.7 Å². The van der Waals surface area contributed by atoms with Crippen molar-refractivity contribution >= 4 is 40.5 Å². The Morgan fingerprint density at radius 2 is 1.75 bits per heavy atom. The van der Waals surface area contributed by atoms with Gasteiger partial charge in [-0.1, -0.05) is 41.4 Å². The summed E-state index contributed by atoms with van der Waals surface area (Å²) in [6.07, 6.45) is 0. The molecule has 0 aliphatic carbocycles. The Bertz CT molecular complexity index is 640. The molecular weight excluding hydrogens is 295 g/mol. The van der Waals surface area contributed by atoms with E-state index < -0.39 is 0 Å². The molecule has 0 aliphatic heterocycles. The predicted octanol–water partition coefficient (Wildman–Crippen LogP) is 4.44. The van der Waals surface area contributed by atoms with Crippen molar-refractivity contribution in [3.8, 4) is 0 Å². The molecule has 0 fully saturated rings. The van der Waals surface area contributed by atoms with Gasteiger partial charge in [0.2, 0.25) is 0 Å². The first-order valence-electron chi connectivity index (χ1n) is 6.02. The second kappa shape index (κ2) is 5.73. The van der Waals surface area contributed by atoms with Crippen LogP contribution in [0.15, 0.2) is 30.3 Å². The van der Waals surface area contributed by atoms with E-state index in [1.165, 1.54) is 12.1 Å². The Balaban J connectivity index is 2.34. The number of hydrogen-bond donors (Lipinski definition) is 2. The quantitative estimate of drug-likeness (QED) is 0.806. The van der Waals surface area contributed by atoms with E-state index in [1.807, 2.05) is 32.0 Å². The molecule has 5 heteroatoms. The minimum Gasteiger partial charge on any atom is -0.397 e. The Labute approximate surface area is 127 Å². The highest BCUT2D eigenvalue weighted by Gasteiger charge is 2.13. The number of aryl methyl sites for hydroxylation is 2. The Morgan fingerprint density at radius 1 is 1.15 bits per heavy atom. The third-order valence-corrected chi connectivity index (χ3v) is 3.85. The zero-order valence-corrected chi connectivity index (χ0v) is 12.6. The Morgan fingerprint density at radius 3 is 2.30 bits per heavy atom. The molecule has 0 heterocycles. The van der Waals surface area contributed by atoms with E-state index in [2.05, 4.69) is 5.32 Å². The van der Waals surface area contributed by atoms with Crippen LogP contribution >= 0.6 is 23.2 Å². The zero-order valence-electron chi connectivity index (χ0n) is 11.1. The van der Waals surface area contributed by atoms with Crippen molar-refractivity contribution in [2.45, 2.75) is 13.8 Å². The molecule has 0 aromatic heterocycles. The molecule has 0 aliphatic rings. The third-order valence-electron chi connectivity index (χ3n) is 3.04. The number of nitrogen functional groups attached to an aromatic ring is 1. The van der Waals surface area contributed by atoms with Crippen LogP contribution in [0, 0.1) is 13.8 Å². The molecule has 0 bridgehead atoms. The highest BCUT2D eigenvalue weighted by Crippen LogP contribution is 2.30. The summed E-state index contributed by atoms with van der Waals surface area (Å²) >= 11 is 11.8. The van der Waals surface area contributed by atoms with Crippen LogP contribution < -0.4 is 11.1 Å². The minimum atomic E-state index is -0.271. The molecule has 104 valence electrons. The number of para-hydroxylation sites is 1. The van der Waals surface area contributed by atoms with Crippen LogP contribution in [0.2, 0.25) is 10.0 Å². The van der Waals surface area contributed by atoms with Crippen LogP contribution in [0.1, 0.15) is 21.5 Å². The maximum Gasteiger partial charge on any atom is 0.255 e. The summed E-state index contributed by atoms with van der Waals surface area (Å²) in [5.41, 5.74) is 9.15. The van der Waals surface area contributed by atoms with Crippen molar-refractivity contribution in [2.75, 3.05) is 11.1 Å². The topological polar surface area (TPSA) is 55.1 Å². The number of carbonyl (C=O) groups is 1. The molecule has 2 rings (SSSR count). The summed E-state index contributed by atoms with van der Waals surface area (Å²) in [5.74, 6) is -0.271. The van der Waals surface area contributed by atoms with E-state index in [0.29, 0.717) is 5.56 Å². The Kier molecular flexibility index (Phi) is 4.21. The minimum absolute atomic E-state index is 0.260. The summed E-state index contributed by atoms with van der Waals surface area (Å²) in [5, 5.41) is 3.39. The molecule has 0 saturated carbocycles. The first-order valence-corrected chi connectivity index (χ1v) is 6.78. The fourth-order valence-corrected chi connectivity index (χ4v) is 2.27. The van der Waals surface area contributed by atoms with Crippen molar-refractivity contribution < 1.29 is 4.79 Å². The maximum atomic E-state index is 12.3. The molecule has 2 aromatic carbocycles. The van der Waals surface area contributed by atoms with E-state index in [1.54, 1.807) is 0 Å². The van der Waals surface area contributed by atoms with Crippen LogP contribution in [0.25, 0.3) is 0 Å². The van der Waals surface area contributed by atoms with Gasteiger partial charge < -0.3 is 11.1 Å². The lowest BCUT2D eigenvalue weighted by Gasteiger charge is -2.12. The molecule has 3 nitrogen and oxygen atoms in total. The van der Waals surface area contributed by atoms with Crippen molar-refractivity contribution in [2.24, 2.45) is 0 Å². The summed E-state index contributed by atoms with van der Waals surface area (Å²) in [4.78, 5) is 12.3. The lowest BCUT2D eigenvalue weighted by atomic mass is 10.1. The van der Waals surface area contributed by atoms with Gasteiger partial charge in [-0.25, -0.2) is 0 Å². The zero-order chi connectivity index (χ0) is 14.9. The molecule has 3 N–H and O–H groups in total. The van der Waals surface area contributed by atoms with Crippen molar-refractivity contribution in [1.29, 1.82) is 0 Å². The first kappa shape index (κ1) is 14.7. The van der Waals surface area contributed by atoms with Crippen LogP contribution in [0.5, 0.6) is 0 Å². The third kappa shape index (κ3) is 2.89. The molecule has 2 aromatic rings. The van der Waals surface area contributed by atoms with Gasteiger partial charge in [0, 0.05) is 11.3 Å². The van der Waals surface area contributed by atoms with E-state index in [9.17, 15) is 4.79 Å². The normalized spacial score (nSPS) is 10.4. The lowest BCUT2D eigenvalue weighted by molar-refractivity contribution is 0.102. The largest absolute Gasteiger partial charge is 0.397 e. The van der Waals surface area contributed by atoms with E-state index in [4.69, 9.17) is 28.9 Å². The average molecular weight is 309 g/mol. The molecule has 20 heavy (non-hydrogen) atoms. The van der Waals surface area contributed by atoms with Gasteiger partial charge in [0.15, 0.2) is 0 Å². The molecule has 0 atom stereocenters. The SMILES string of the molecule is Cc1cccc(C)c1NC(=O)c1cc(N)c(Cl)c(Cl)c1. The molecule has 0 unspecified atom stereocenters. The molecule has 0 radical (unpaired) electrons. The van der Waals surface area contributed by atoms with Gasteiger partial charge >= 0.3 is 0 Å². The van der Waals surface area contributed by atoms with Crippen LogP contribution in [0.4, 0.5) is 11.4 Å². The second-order valence-corrected chi connectivity index (χ2v) is 5.37. The van der Waals surface area contributed by atoms with Gasteiger partial charge in [-0.3, -0.25) is 4.79 Å². The highest BCUT2D eigenvalue weighted by atomic mass is 35.5. The van der Waals surface area contributed by atoms with Crippen molar-refractivity contribution in [3.63, 3.8) is 0 Å². The average Bonchev–Trinajstić information content (AvgIpc) is 2.39. The van der Waals surface area contributed by atoms with Crippen LogP contribution in [-0.4, -0.2) is 5.91 Å². The number of rotatable bonds is 2. The maximum absolute atomic E-state index is 12.3. The van der Waals surface area contributed by atoms with E-state index >= 15 is 0 Å². The van der Waals surface area contributed by atoms with Gasteiger partial charge in [0.25, 0.3) is 5.91 Å². The van der Waals surface area contributed by atoms with Crippen molar-refractivity contribution in [3.05, 3.63) is 57.1 Å². The summed E-state index contributed by atoms with van der Waals surface area (Å²) < 4.78 is 0. The fourth-order valence-electron chi connectivity index (χ4n) is 1.94. The highest BCUT2D eigenvalue weighted by molar-refractivity contribution is 6.44. The summed E-state index contributed by atoms with van der Waals surface area (Å²) in [6.45, 7) is 3.87. The van der Waals surface area contributed by atoms with Gasteiger partial charge in [-0.05, 0) is 37.1 Å². The van der Waals surface area contributed by atoms with Crippen LogP contribution in [-0.2, 0) is 0 Å². The number of nitrogens with two attached hydrogens (primary N) is 1. The summed E-state index contributed by atoms with van der Waals surface area (Å²) in [7, 11) is 0. The number of halogens is 2. The molecule has 1 amide bonds. The first-order chi connectivity index (χ1) is 9.40. The molecule has 0 saturated heterocycles. The fraction of sp³-hybridized carbons (Fsp3) is 0.133. The number of hydrogen-bond acceptors (Lipinski definition) is 2. The second-order valence-electron chi connectivity index (χ2n) is 4.58. The van der Waals surface area contributed by atoms with Crippen LogP contribution in [0.3, 0.4) is 0 Å². The van der Waals surface area contributed by atoms with Crippen molar-refractivity contribution in [1.82, 2.24) is 0 Å². The van der Waals surface area contributed by atoms with Gasteiger partial charge in [0.1, 0.15) is 0 Å². The Hall–Kier alpha value is -1.71. The monoisotopic (exact) mass is 308 g/mol. The van der Waals surface area contributed by atoms with E-state index in [-0.39, 0.29) is 21.6 Å². The number of benzene rings is 2. The smallest absolute Gasteiger partial charge is 0.255 e. The number of amides is 1. The number of carbonyl (C=O) groups excluding carboxylic acids is 1. The summed E-state index contributed by atoms with van der Waals surface area (Å²) in [6, 6.07) is 8.83. The number of anilines is 2. The van der Waals surface area contributed by atoms with Gasteiger partial charge in [-0.2, -0.15) is 0 Å². The molecule has 0 spiro atoms. The standard InChI is InChI=1S/C15H14Cl2N2O/c1-8-4-3-5-9(2)14(8)19-15(20)10-6-11(16)13(17)12(18)7-10/h3-7H,18H2,1-2H3,(H,19,20). The predicted molar refractivity (Wildman–Crippen MR) is 84.7 cm³/mol.